The van der Waals surface area contributed by atoms with Gasteiger partial charge in [0.25, 0.3) is 0 Å². The number of carbonyl (C=O) groups is 2. The molecule has 0 aliphatic carbocycles. The first-order valence-electron chi connectivity index (χ1n) is 11.0. The Bertz CT molecular complexity index is 1050. The van der Waals surface area contributed by atoms with E-state index in [9.17, 15) is 19.1 Å². The molecule has 1 N–H and O–H groups in total. The van der Waals surface area contributed by atoms with E-state index in [0.717, 1.165) is 5.56 Å². The maximum atomic E-state index is 13.8. The zero-order chi connectivity index (χ0) is 25.6. The number of aliphatic hydroxyl groups is 1. The first kappa shape index (κ1) is 27.1. The number of esters is 1. The van der Waals surface area contributed by atoms with E-state index in [1.165, 1.54) is 19.2 Å². The molecule has 1 heterocycles. The van der Waals surface area contributed by atoms with E-state index >= 15 is 0 Å². The summed E-state index contributed by atoms with van der Waals surface area (Å²) < 4.78 is 23.8. The van der Waals surface area contributed by atoms with Gasteiger partial charge in [-0.25, -0.2) is 9.37 Å². The predicted molar refractivity (Wildman–Crippen MR) is 130 cm³/mol. The second-order valence-corrected chi connectivity index (χ2v) is 8.57. The molecule has 0 fully saturated rings. The molecule has 184 valence electrons. The third kappa shape index (κ3) is 6.27. The van der Waals surface area contributed by atoms with Gasteiger partial charge >= 0.3 is 5.97 Å². The van der Waals surface area contributed by atoms with Crippen LogP contribution >= 0.6 is 0 Å². The molecule has 0 amide bonds. The molecule has 0 spiro atoms. The summed E-state index contributed by atoms with van der Waals surface area (Å²) in [5.74, 6) is -0.893. The Morgan fingerprint density at radius 3 is 2.29 bits per heavy atom. The molecule has 1 atom stereocenters. The van der Waals surface area contributed by atoms with Gasteiger partial charge in [-0.15, -0.1) is 0 Å². The van der Waals surface area contributed by atoms with Gasteiger partial charge in [-0.3, -0.25) is 9.59 Å². The van der Waals surface area contributed by atoms with E-state index < -0.39 is 24.3 Å². The maximum absolute atomic E-state index is 13.8. The number of Topliss-reactive ketones (excluding diaryl/α,β-unsaturated/α-hetero) is 1. The Kier molecular flexibility index (Phi) is 9.46. The molecule has 8 heteroatoms. The number of carbonyl (C=O) groups excluding carboxylic acids is 2. The number of halogens is 1. The molecular formula is C26H33FN2O5. The Morgan fingerprint density at radius 1 is 1.18 bits per heavy atom. The zero-order valence-electron chi connectivity index (χ0n) is 20.6. The number of anilines is 1. The normalized spacial score (nSPS) is 11.9. The van der Waals surface area contributed by atoms with E-state index in [1.807, 2.05) is 32.8 Å². The molecule has 7 nitrogen and oxygen atoms in total. The van der Waals surface area contributed by atoms with Crippen LogP contribution in [0.15, 0.2) is 30.8 Å². The zero-order valence-corrected chi connectivity index (χ0v) is 20.6. The van der Waals surface area contributed by atoms with Crippen molar-refractivity contribution in [2.75, 3.05) is 33.2 Å². The van der Waals surface area contributed by atoms with Gasteiger partial charge in [-0.05, 0) is 29.2 Å². The van der Waals surface area contributed by atoms with Crippen molar-refractivity contribution in [3.05, 3.63) is 53.5 Å². The Hall–Kier alpha value is -3.10. The molecule has 0 aliphatic rings. The Morgan fingerprint density at radius 2 is 1.79 bits per heavy atom. The monoisotopic (exact) mass is 472 g/mol. The highest BCUT2D eigenvalue weighted by molar-refractivity contribution is 5.97. The van der Waals surface area contributed by atoms with Gasteiger partial charge in [0.05, 0.1) is 25.5 Å². The molecule has 0 saturated heterocycles. The summed E-state index contributed by atoms with van der Waals surface area (Å²) in [5.41, 5.74) is 3.69. The molecule has 0 aliphatic heterocycles. The number of ketones is 1. The number of nitrogens with zero attached hydrogens (tertiary/aromatic N) is 2. The molecule has 1 unspecified atom stereocenters. The topological polar surface area (TPSA) is 89.0 Å². The summed E-state index contributed by atoms with van der Waals surface area (Å²) in [6.45, 7) is 8.26. The number of hydrogen-bond donors (Lipinski definition) is 1. The first-order chi connectivity index (χ1) is 16.0. The van der Waals surface area contributed by atoms with Crippen molar-refractivity contribution in [1.29, 1.82) is 0 Å². The fourth-order valence-electron chi connectivity index (χ4n) is 3.77. The van der Waals surface area contributed by atoms with Gasteiger partial charge in [0.2, 0.25) is 0 Å². The van der Waals surface area contributed by atoms with E-state index in [4.69, 9.17) is 9.72 Å². The number of benzene rings is 1. The minimum absolute atomic E-state index is 0.0563. The minimum atomic E-state index is -1.25. The maximum Gasteiger partial charge on any atom is 0.313 e. The molecule has 1 aromatic carbocycles. The van der Waals surface area contributed by atoms with Gasteiger partial charge in [-0.2, -0.15) is 0 Å². The van der Waals surface area contributed by atoms with Crippen molar-refractivity contribution in [2.45, 2.75) is 45.3 Å². The average molecular weight is 473 g/mol. The van der Waals surface area contributed by atoms with Gasteiger partial charge < -0.3 is 19.5 Å². The summed E-state index contributed by atoms with van der Waals surface area (Å²) in [6.07, 6.45) is -1.99. The number of aliphatic hydroxyl groups excluding tert-OH is 1. The summed E-state index contributed by atoms with van der Waals surface area (Å²) in [7, 11) is 6.51. The van der Waals surface area contributed by atoms with Crippen LogP contribution in [0.25, 0.3) is 16.7 Å². The average Bonchev–Trinajstić information content (AvgIpc) is 2.78. The number of aromatic nitrogens is 1. The minimum Gasteiger partial charge on any atom is -0.469 e. The highest BCUT2D eigenvalue weighted by atomic mass is 19.1. The van der Waals surface area contributed by atoms with Crippen LogP contribution in [0.4, 0.5) is 10.2 Å². The summed E-state index contributed by atoms with van der Waals surface area (Å²) in [5, 5.41) is 10.9. The Labute approximate surface area is 200 Å². The highest BCUT2D eigenvalue weighted by Crippen LogP contribution is 2.41. The van der Waals surface area contributed by atoms with E-state index in [1.54, 1.807) is 19.2 Å². The first-order valence-corrected chi connectivity index (χ1v) is 11.0. The number of pyridine rings is 1. The summed E-state index contributed by atoms with van der Waals surface area (Å²) in [6, 6.07) is 6.02. The van der Waals surface area contributed by atoms with Crippen molar-refractivity contribution in [3.8, 4) is 11.1 Å². The molecule has 0 radical (unpaired) electrons. The lowest BCUT2D eigenvalue weighted by atomic mass is 9.84. The van der Waals surface area contributed by atoms with Crippen molar-refractivity contribution >= 4 is 23.1 Å². The van der Waals surface area contributed by atoms with Crippen molar-refractivity contribution in [2.24, 2.45) is 0 Å². The van der Waals surface area contributed by atoms with Gasteiger partial charge in [0.15, 0.2) is 0 Å². The van der Waals surface area contributed by atoms with Crippen molar-refractivity contribution in [1.82, 2.24) is 4.98 Å². The predicted octanol–water partition coefficient (Wildman–Crippen LogP) is 4.12. The number of methoxy groups -OCH3 is 2. The molecular weight excluding hydrogens is 439 g/mol. The van der Waals surface area contributed by atoms with Crippen LogP contribution in [0, 0.1) is 5.82 Å². The van der Waals surface area contributed by atoms with Crippen LogP contribution in [-0.2, 0) is 25.7 Å². The number of ether oxygens (including phenoxy) is 2. The number of hydrogen-bond acceptors (Lipinski definition) is 7. The molecule has 0 saturated carbocycles. The fraction of sp³-hybridized carbons (Fsp3) is 0.423. The van der Waals surface area contributed by atoms with Crippen LogP contribution < -0.4 is 4.90 Å². The SMILES string of the molecule is C=C(c1c(C(C)C)nc(N(C)C)c(COC)c1-c1ccc(F)cc1)C(O)CC(=O)CC(=O)OC. The standard InChI is InChI=1S/C26H33FN2O5/c1-15(2)25-23(16(3)21(31)12-19(30)13-22(32)34-7)24(17-8-10-18(27)11-9-17)20(14-33-6)26(28-25)29(4)5/h8-11,15,21,31H,3,12-14H2,1-2,4-7H3. The van der Waals surface area contributed by atoms with Crippen molar-refractivity contribution < 1.29 is 28.6 Å². The van der Waals surface area contributed by atoms with E-state index in [-0.39, 0.29) is 30.3 Å². The lowest BCUT2D eigenvalue weighted by Crippen LogP contribution is -2.22. The quantitative estimate of drug-likeness (QED) is 0.389. The lowest BCUT2D eigenvalue weighted by molar-refractivity contribution is -0.143. The largest absolute Gasteiger partial charge is 0.469 e. The van der Waals surface area contributed by atoms with E-state index in [0.29, 0.717) is 28.2 Å². The second-order valence-electron chi connectivity index (χ2n) is 8.57. The summed E-state index contributed by atoms with van der Waals surface area (Å²) >= 11 is 0. The molecule has 1 aromatic heterocycles. The van der Waals surface area contributed by atoms with Crippen LogP contribution in [0.1, 0.15) is 49.4 Å². The van der Waals surface area contributed by atoms with Crippen molar-refractivity contribution in [3.63, 3.8) is 0 Å². The van der Waals surface area contributed by atoms with Gasteiger partial charge in [0.1, 0.15) is 23.8 Å². The number of rotatable bonds is 11. The van der Waals surface area contributed by atoms with Crippen LogP contribution in [0.3, 0.4) is 0 Å². The fourth-order valence-corrected chi connectivity index (χ4v) is 3.77. The summed E-state index contributed by atoms with van der Waals surface area (Å²) in [4.78, 5) is 30.5. The second kappa shape index (κ2) is 11.9. The van der Waals surface area contributed by atoms with Crippen LogP contribution in [0.2, 0.25) is 0 Å². The molecule has 34 heavy (non-hydrogen) atoms. The molecule has 2 rings (SSSR count). The Balaban J connectivity index is 2.76. The smallest absolute Gasteiger partial charge is 0.313 e. The van der Waals surface area contributed by atoms with Gasteiger partial charge in [-0.1, -0.05) is 32.6 Å². The van der Waals surface area contributed by atoms with Gasteiger partial charge in [0, 0.05) is 44.3 Å². The lowest BCUT2D eigenvalue weighted by Gasteiger charge is -2.28. The highest BCUT2D eigenvalue weighted by Gasteiger charge is 2.28. The third-order valence-electron chi connectivity index (χ3n) is 5.41. The molecule has 0 bridgehead atoms. The van der Waals surface area contributed by atoms with Crippen LogP contribution in [0.5, 0.6) is 0 Å². The third-order valence-corrected chi connectivity index (χ3v) is 5.41. The molecule has 2 aromatic rings. The van der Waals surface area contributed by atoms with E-state index in [2.05, 4.69) is 11.3 Å². The van der Waals surface area contributed by atoms with Crippen LogP contribution in [-0.4, -0.2) is 56.3 Å².